The largest absolute Gasteiger partial charge is 0.444 e. The molecule has 0 unspecified atom stereocenters. The molecule has 0 aliphatic rings. The van der Waals surface area contributed by atoms with Crippen LogP contribution in [0.25, 0.3) is 0 Å². The lowest BCUT2D eigenvalue weighted by atomic mass is 9.93. The zero-order chi connectivity index (χ0) is 17.2. The normalized spacial score (nSPS) is 12.9. The highest BCUT2D eigenvalue weighted by atomic mass is 16.6. The SMILES string of the molecule is CCCCNC(N)=NCC(CC)(CC)NC(=O)OC(C)(C)C. The molecule has 0 aromatic carbocycles. The summed E-state index contributed by atoms with van der Waals surface area (Å²) in [7, 11) is 0. The Kier molecular flexibility index (Phi) is 8.90. The number of hydrogen-bond acceptors (Lipinski definition) is 3. The molecule has 0 spiro atoms. The van der Waals surface area contributed by atoms with Crippen molar-refractivity contribution in [2.45, 2.75) is 78.4 Å². The molecule has 0 fully saturated rings. The lowest BCUT2D eigenvalue weighted by Gasteiger charge is -2.32. The zero-order valence-corrected chi connectivity index (χ0v) is 15.1. The van der Waals surface area contributed by atoms with Crippen molar-refractivity contribution >= 4 is 12.1 Å². The molecule has 130 valence electrons. The summed E-state index contributed by atoms with van der Waals surface area (Å²) in [5, 5.41) is 6.04. The van der Waals surface area contributed by atoms with Gasteiger partial charge in [-0.1, -0.05) is 27.2 Å². The van der Waals surface area contributed by atoms with Crippen molar-refractivity contribution in [3.63, 3.8) is 0 Å². The molecule has 0 aromatic rings. The second-order valence-electron chi connectivity index (χ2n) is 6.60. The van der Waals surface area contributed by atoms with Gasteiger partial charge in [-0.25, -0.2) is 4.79 Å². The molecule has 0 aliphatic carbocycles. The van der Waals surface area contributed by atoms with Crippen molar-refractivity contribution in [1.82, 2.24) is 10.6 Å². The van der Waals surface area contributed by atoms with E-state index in [9.17, 15) is 4.79 Å². The van der Waals surface area contributed by atoms with Gasteiger partial charge in [0.2, 0.25) is 0 Å². The third-order valence-electron chi connectivity index (χ3n) is 3.51. The van der Waals surface area contributed by atoms with Crippen LogP contribution < -0.4 is 16.4 Å². The molecule has 4 N–H and O–H groups in total. The van der Waals surface area contributed by atoms with E-state index in [0.29, 0.717) is 12.5 Å². The number of rotatable bonds is 8. The van der Waals surface area contributed by atoms with Gasteiger partial charge in [-0.05, 0) is 40.0 Å². The molecule has 0 rings (SSSR count). The van der Waals surface area contributed by atoms with Crippen molar-refractivity contribution in [2.24, 2.45) is 10.7 Å². The van der Waals surface area contributed by atoms with Gasteiger partial charge < -0.3 is 21.1 Å². The Labute approximate surface area is 135 Å². The van der Waals surface area contributed by atoms with E-state index in [2.05, 4.69) is 22.5 Å². The summed E-state index contributed by atoms with van der Waals surface area (Å²) in [6, 6.07) is 0. The summed E-state index contributed by atoms with van der Waals surface area (Å²) in [6.45, 7) is 13.0. The molecule has 0 radical (unpaired) electrons. The van der Waals surface area contributed by atoms with Gasteiger partial charge in [0.05, 0.1) is 12.1 Å². The van der Waals surface area contributed by atoms with Crippen LogP contribution >= 0.6 is 0 Å². The highest BCUT2D eigenvalue weighted by Gasteiger charge is 2.30. The number of aliphatic imine (C=N–C) groups is 1. The van der Waals surface area contributed by atoms with Gasteiger partial charge >= 0.3 is 6.09 Å². The van der Waals surface area contributed by atoms with Crippen molar-refractivity contribution in [1.29, 1.82) is 0 Å². The average Bonchev–Trinajstić information content (AvgIpc) is 2.42. The Hall–Kier alpha value is -1.46. The molecule has 0 saturated carbocycles. The first-order valence-corrected chi connectivity index (χ1v) is 8.23. The van der Waals surface area contributed by atoms with E-state index in [4.69, 9.17) is 10.5 Å². The van der Waals surface area contributed by atoms with Crippen LogP contribution in [0.3, 0.4) is 0 Å². The van der Waals surface area contributed by atoms with Gasteiger partial charge in [-0.2, -0.15) is 0 Å². The molecule has 0 saturated heterocycles. The van der Waals surface area contributed by atoms with Crippen LogP contribution in [-0.2, 0) is 4.74 Å². The van der Waals surface area contributed by atoms with Crippen molar-refractivity contribution in [3.8, 4) is 0 Å². The molecular weight excluding hydrogens is 280 g/mol. The monoisotopic (exact) mass is 314 g/mol. The predicted octanol–water partition coefficient (Wildman–Crippen LogP) is 2.77. The van der Waals surface area contributed by atoms with Gasteiger partial charge in [0.25, 0.3) is 0 Å². The van der Waals surface area contributed by atoms with Crippen LogP contribution in [-0.4, -0.2) is 36.3 Å². The number of carbonyl (C=O) groups excluding carboxylic acids is 1. The molecule has 1 amide bonds. The summed E-state index contributed by atoms with van der Waals surface area (Å²) in [5.41, 5.74) is 4.91. The smallest absolute Gasteiger partial charge is 0.408 e. The number of guanidine groups is 1. The van der Waals surface area contributed by atoms with Crippen LogP contribution in [0.2, 0.25) is 0 Å². The molecule has 0 bridgehead atoms. The number of ether oxygens (including phenoxy) is 1. The molecule has 22 heavy (non-hydrogen) atoms. The maximum atomic E-state index is 12.0. The van der Waals surface area contributed by atoms with Gasteiger partial charge in [0, 0.05) is 6.54 Å². The lowest BCUT2D eigenvalue weighted by molar-refractivity contribution is 0.0452. The number of unbranched alkanes of at least 4 members (excludes halogenated alkanes) is 1. The average molecular weight is 314 g/mol. The van der Waals surface area contributed by atoms with Crippen LogP contribution in [0.5, 0.6) is 0 Å². The first-order chi connectivity index (χ1) is 10.2. The summed E-state index contributed by atoms with van der Waals surface area (Å²) >= 11 is 0. The van der Waals surface area contributed by atoms with Crippen LogP contribution in [0.15, 0.2) is 4.99 Å². The van der Waals surface area contributed by atoms with E-state index in [1.54, 1.807) is 0 Å². The molecule has 6 nitrogen and oxygen atoms in total. The highest BCUT2D eigenvalue weighted by Crippen LogP contribution is 2.17. The van der Waals surface area contributed by atoms with Gasteiger partial charge in [0.1, 0.15) is 5.60 Å². The van der Waals surface area contributed by atoms with Crippen molar-refractivity contribution in [3.05, 3.63) is 0 Å². The summed E-state index contributed by atoms with van der Waals surface area (Å²) < 4.78 is 5.34. The third kappa shape index (κ3) is 8.74. The molecular formula is C16H34N4O2. The third-order valence-corrected chi connectivity index (χ3v) is 3.51. The number of nitrogens with two attached hydrogens (primary N) is 1. The van der Waals surface area contributed by atoms with Gasteiger partial charge in [-0.3, -0.25) is 4.99 Å². The molecule has 0 aliphatic heterocycles. The summed E-state index contributed by atoms with van der Waals surface area (Å²) in [5.74, 6) is 0.422. The summed E-state index contributed by atoms with van der Waals surface area (Å²) in [6.07, 6.45) is 3.26. The van der Waals surface area contributed by atoms with Crippen LogP contribution in [0.4, 0.5) is 4.79 Å². The van der Waals surface area contributed by atoms with E-state index in [1.165, 1.54) is 0 Å². The Morgan fingerprint density at radius 2 is 1.77 bits per heavy atom. The van der Waals surface area contributed by atoms with Crippen LogP contribution in [0, 0.1) is 0 Å². The fraction of sp³-hybridized carbons (Fsp3) is 0.875. The topological polar surface area (TPSA) is 88.7 Å². The number of hydrogen-bond donors (Lipinski definition) is 3. The van der Waals surface area contributed by atoms with E-state index in [-0.39, 0.29) is 0 Å². The molecule has 6 heteroatoms. The second kappa shape index (κ2) is 9.54. The van der Waals surface area contributed by atoms with Crippen molar-refractivity contribution < 1.29 is 9.53 Å². The maximum absolute atomic E-state index is 12.0. The van der Waals surface area contributed by atoms with Crippen molar-refractivity contribution in [2.75, 3.05) is 13.1 Å². The first-order valence-electron chi connectivity index (χ1n) is 8.23. The van der Waals surface area contributed by atoms with Gasteiger partial charge in [-0.15, -0.1) is 0 Å². The minimum atomic E-state index is -0.513. The standard InChI is InChI=1S/C16H34N4O2/c1-7-10-11-18-13(17)19-12-16(8-2,9-3)20-14(21)22-15(4,5)6/h7-12H2,1-6H3,(H,20,21)(H3,17,18,19). The minimum absolute atomic E-state index is 0.413. The highest BCUT2D eigenvalue weighted by molar-refractivity contribution is 5.78. The Balaban J connectivity index is 4.67. The Bertz CT molecular complexity index is 358. The quantitative estimate of drug-likeness (QED) is 0.365. The Morgan fingerprint density at radius 1 is 1.18 bits per heavy atom. The Morgan fingerprint density at radius 3 is 2.23 bits per heavy atom. The second-order valence-corrected chi connectivity index (χ2v) is 6.60. The van der Waals surface area contributed by atoms with Crippen LogP contribution in [0.1, 0.15) is 67.2 Å². The fourth-order valence-corrected chi connectivity index (χ4v) is 1.90. The van der Waals surface area contributed by atoms with E-state index >= 15 is 0 Å². The molecule has 0 atom stereocenters. The maximum Gasteiger partial charge on any atom is 0.408 e. The number of amides is 1. The zero-order valence-electron chi connectivity index (χ0n) is 15.1. The van der Waals surface area contributed by atoms with Gasteiger partial charge in [0.15, 0.2) is 5.96 Å². The molecule has 0 aromatic heterocycles. The number of nitrogens with one attached hydrogen (secondary N) is 2. The minimum Gasteiger partial charge on any atom is -0.444 e. The van der Waals surface area contributed by atoms with E-state index in [1.807, 2.05) is 34.6 Å². The fourth-order valence-electron chi connectivity index (χ4n) is 1.90. The van der Waals surface area contributed by atoms with E-state index in [0.717, 1.165) is 32.2 Å². The lowest BCUT2D eigenvalue weighted by Crippen LogP contribution is -2.52. The number of alkyl carbamates (subject to hydrolysis) is 1. The number of carbonyl (C=O) groups is 1. The predicted molar refractivity (Wildman–Crippen MR) is 92.1 cm³/mol. The first kappa shape index (κ1) is 20.5. The number of nitrogens with zero attached hydrogens (tertiary/aromatic N) is 1. The van der Waals surface area contributed by atoms with E-state index < -0.39 is 17.2 Å². The molecule has 0 heterocycles. The summed E-state index contributed by atoms with van der Waals surface area (Å²) in [4.78, 5) is 16.4.